The summed E-state index contributed by atoms with van der Waals surface area (Å²) in [6, 6.07) is 18.6. The molecule has 2 aromatic carbocycles. The van der Waals surface area contributed by atoms with Crippen molar-refractivity contribution in [2.75, 3.05) is 18.5 Å². The van der Waals surface area contributed by atoms with Gasteiger partial charge in [0, 0.05) is 10.4 Å². The molecule has 1 aliphatic rings. The number of nitrogens with zero attached hydrogens (tertiary/aromatic N) is 1. The van der Waals surface area contributed by atoms with Crippen LogP contribution >= 0.6 is 23.6 Å². The summed E-state index contributed by atoms with van der Waals surface area (Å²) in [4.78, 5) is 13.7. The molecule has 1 aliphatic carbocycles. The average molecular weight is 464 g/mol. The Kier molecular flexibility index (Phi) is 7.00. The van der Waals surface area contributed by atoms with E-state index in [0.29, 0.717) is 35.1 Å². The number of nitriles is 1. The Hall–Kier alpha value is -3.41. The molecule has 0 saturated heterocycles. The number of nitrogens with one attached hydrogen (secondary N) is 2. The molecular formula is C24H21N3O3S2. The van der Waals surface area contributed by atoms with Gasteiger partial charge in [0.1, 0.15) is 35.8 Å². The molecule has 0 aliphatic heterocycles. The van der Waals surface area contributed by atoms with Gasteiger partial charge in [0.05, 0.1) is 5.56 Å². The minimum absolute atomic E-state index is 0.171. The van der Waals surface area contributed by atoms with Crippen LogP contribution in [0, 0.1) is 11.3 Å². The van der Waals surface area contributed by atoms with Gasteiger partial charge in [-0.15, -0.1) is 11.3 Å². The van der Waals surface area contributed by atoms with Crippen LogP contribution in [0.2, 0.25) is 0 Å². The van der Waals surface area contributed by atoms with E-state index in [-0.39, 0.29) is 11.0 Å². The lowest BCUT2D eigenvalue weighted by Crippen LogP contribution is -2.34. The first-order valence-corrected chi connectivity index (χ1v) is 11.4. The number of ether oxygens (including phenoxy) is 2. The van der Waals surface area contributed by atoms with Gasteiger partial charge in [0.15, 0.2) is 5.11 Å². The van der Waals surface area contributed by atoms with E-state index in [1.54, 1.807) is 24.3 Å². The molecule has 4 rings (SSSR count). The van der Waals surface area contributed by atoms with E-state index in [1.807, 2.05) is 30.3 Å². The second-order valence-electron chi connectivity index (χ2n) is 7.12. The fourth-order valence-electron chi connectivity index (χ4n) is 3.46. The van der Waals surface area contributed by atoms with Gasteiger partial charge in [-0.25, -0.2) is 0 Å². The molecule has 0 spiro atoms. The van der Waals surface area contributed by atoms with Crippen molar-refractivity contribution in [1.29, 1.82) is 5.26 Å². The van der Waals surface area contributed by atoms with E-state index in [0.717, 1.165) is 30.6 Å². The number of carbonyl (C=O) groups excluding carboxylic acids is 1. The van der Waals surface area contributed by atoms with Crippen molar-refractivity contribution in [3.63, 3.8) is 0 Å². The molecule has 0 bridgehead atoms. The number of hydrogen-bond donors (Lipinski definition) is 2. The molecule has 3 aromatic rings. The molecule has 0 fully saturated rings. The number of thiophene rings is 1. The van der Waals surface area contributed by atoms with Crippen LogP contribution in [0.15, 0.2) is 54.6 Å². The highest BCUT2D eigenvalue weighted by molar-refractivity contribution is 7.80. The van der Waals surface area contributed by atoms with Crippen molar-refractivity contribution < 1.29 is 14.3 Å². The van der Waals surface area contributed by atoms with Crippen LogP contribution < -0.4 is 20.1 Å². The van der Waals surface area contributed by atoms with E-state index in [2.05, 4.69) is 16.7 Å². The van der Waals surface area contributed by atoms with Crippen LogP contribution in [0.4, 0.5) is 5.00 Å². The summed E-state index contributed by atoms with van der Waals surface area (Å²) in [6.45, 7) is 0.809. The maximum Gasteiger partial charge on any atom is 0.257 e. The molecule has 0 radical (unpaired) electrons. The molecule has 8 heteroatoms. The maximum absolute atomic E-state index is 12.5. The largest absolute Gasteiger partial charge is 0.490 e. The smallest absolute Gasteiger partial charge is 0.257 e. The first-order chi connectivity index (χ1) is 15.6. The molecule has 2 N–H and O–H groups in total. The molecule has 6 nitrogen and oxygen atoms in total. The number of aryl methyl sites for hydroxylation is 1. The fraction of sp³-hybridized carbons (Fsp3) is 0.208. The van der Waals surface area contributed by atoms with Crippen molar-refractivity contribution in [3.05, 3.63) is 76.2 Å². The number of thiocarbonyl (C=S) groups is 1. The Labute approximate surface area is 195 Å². The van der Waals surface area contributed by atoms with Crippen molar-refractivity contribution in [1.82, 2.24) is 5.32 Å². The van der Waals surface area contributed by atoms with Gasteiger partial charge in [-0.05, 0) is 73.4 Å². The highest BCUT2D eigenvalue weighted by Gasteiger charge is 2.22. The Morgan fingerprint density at radius 1 is 1.03 bits per heavy atom. The van der Waals surface area contributed by atoms with E-state index in [1.165, 1.54) is 16.2 Å². The summed E-state index contributed by atoms with van der Waals surface area (Å²) in [6.07, 6.45) is 2.99. The topological polar surface area (TPSA) is 83.4 Å². The fourth-order valence-corrected chi connectivity index (χ4v) is 4.96. The Morgan fingerprint density at radius 3 is 2.41 bits per heavy atom. The lowest BCUT2D eigenvalue weighted by molar-refractivity contribution is 0.0977. The zero-order valence-corrected chi connectivity index (χ0v) is 18.9. The van der Waals surface area contributed by atoms with E-state index < -0.39 is 0 Å². The van der Waals surface area contributed by atoms with Crippen LogP contribution in [0.1, 0.15) is 32.8 Å². The molecule has 32 heavy (non-hydrogen) atoms. The summed E-state index contributed by atoms with van der Waals surface area (Å²) in [7, 11) is 0. The van der Waals surface area contributed by atoms with Gasteiger partial charge < -0.3 is 14.8 Å². The second kappa shape index (κ2) is 10.3. The Balaban J connectivity index is 1.25. The van der Waals surface area contributed by atoms with Crippen LogP contribution in [-0.4, -0.2) is 24.2 Å². The number of carbonyl (C=O) groups is 1. The number of anilines is 1. The number of hydrogen-bond acceptors (Lipinski definition) is 6. The number of benzene rings is 2. The van der Waals surface area contributed by atoms with E-state index >= 15 is 0 Å². The minimum atomic E-state index is -0.330. The summed E-state index contributed by atoms with van der Waals surface area (Å²) in [5, 5.41) is 16.0. The minimum Gasteiger partial charge on any atom is -0.490 e. The highest BCUT2D eigenvalue weighted by Crippen LogP contribution is 2.38. The Bertz CT molecular complexity index is 1150. The third kappa shape index (κ3) is 5.25. The predicted octanol–water partition coefficient (Wildman–Crippen LogP) is 4.69. The monoisotopic (exact) mass is 463 g/mol. The number of fused-ring (bicyclic) bond motifs is 1. The van der Waals surface area contributed by atoms with Gasteiger partial charge >= 0.3 is 0 Å². The highest BCUT2D eigenvalue weighted by atomic mass is 32.1. The first-order valence-electron chi connectivity index (χ1n) is 10.2. The van der Waals surface area contributed by atoms with Gasteiger partial charge in [0.25, 0.3) is 5.91 Å². The van der Waals surface area contributed by atoms with Gasteiger partial charge in [-0.3, -0.25) is 10.1 Å². The van der Waals surface area contributed by atoms with E-state index in [9.17, 15) is 10.1 Å². The Morgan fingerprint density at radius 2 is 1.72 bits per heavy atom. The van der Waals surface area contributed by atoms with Crippen LogP contribution in [0.3, 0.4) is 0 Å². The molecule has 0 atom stereocenters. The number of rotatable bonds is 7. The normalized spacial score (nSPS) is 11.8. The van der Waals surface area contributed by atoms with Crippen molar-refractivity contribution in [2.24, 2.45) is 0 Å². The van der Waals surface area contributed by atoms with Gasteiger partial charge in [0.2, 0.25) is 0 Å². The number of para-hydroxylation sites is 1. The molecule has 1 aromatic heterocycles. The first kappa shape index (κ1) is 21.8. The molecule has 0 saturated carbocycles. The summed E-state index contributed by atoms with van der Waals surface area (Å²) < 4.78 is 11.2. The molecule has 162 valence electrons. The quantitative estimate of drug-likeness (QED) is 0.391. The SMILES string of the molecule is N#Cc1c(NC(=S)NC(=O)c2ccc(OCCOc3ccccc3)cc2)sc2c1CCC2. The van der Waals surface area contributed by atoms with Crippen LogP contribution in [-0.2, 0) is 12.8 Å². The maximum atomic E-state index is 12.5. The molecular weight excluding hydrogens is 442 g/mol. The van der Waals surface area contributed by atoms with E-state index in [4.69, 9.17) is 21.7 Å². The molecule has 1 amide bonds. The van der Waals surface area contributed by atoms with Crippen molar-refractivity contribution in [2.45, 2.75) is 19.3 Å². The predicted molar refractivity (Wildman–Crippen MR) is 129 cm³/mol. The third-order valence-electron chi connectivity index (χ3n) is 4.97. The average Bonchev–Trinajstić information content (AvgIpc) is 3.38. The van der Waals surface area contributed by atoms with Gasteiger partial charge in [-0.2, -0.15) is 5.26 Å². The van der Waals surface area contributed by atoms with Crippen molar-refractivity contribution in [3.8, 4) is 17.6 Å². The zero-order chi connectivity index (χ0) is 22.3. The van der Waals surface area contributed by atoms with Gasteiger partial charge in [-0.1, -0.05) is 18.2 Å². The molecule has 1 heterocycles. The molecule has 0 unspecified atom stereocenters. The number of amides is 1. The van der Waals surface area contributed by atoms with Crippen molar-refractivity contribution >= 4 is 39.6 Å². The second-order valence-corrected chi connectivity index (χ2v) is 8.63. The summed E-state index contributed by atoms with van der Waals surface area (Å²) in [5.74, 6) is 1.11. The third-order valence-corrected chi connectivity index (χ3v) is 6.38. The summed E-state index contributed by atoms with van der Waals surface area (Å²) in [5.41, 5.74) is 2.20. The standard InChI is InChI=1S/C24H21N3O3S2/c25-15-20-19-7-4-8-21(19)32-23(20)27-24(31)26-22(28)16-9-11-18(12-10-16)30-14-13-29-17-5-2-1-3-6-17/h1-3,5-6,9-12H,4,7-8,13-14H2,(H2,26,27,28,31). The lowest BCUT2D eigenvalue weighted by atomic mass is 10.1. The zero-order valence-electron chi connectivity index (χ0n) is 17.2. The van der Waals surface area contributed by atoms with Crippen LogP contribution in [0.25, 0.3) is 0 Å². The summed E-state index contributed by atoms with van der Waals surface area (Å²) >= 11 is 6.81. The van der Waals surface area contributed by atoms with Crippen LogP contribution in [0.5, 0.6) is 11.5 Å². The lowest BCUT2D eigenvalue weighted by Gasteiger charge is -2.10.